The number of hydrogen-bond acceptors (Lipinski definition) is 6. The number of nitrogens with zero attached hydrogens (tertiary/aromatic N) is 2. The minimum Gasteiger partial charge on any atom is -0.493 e. The van der Waals surface area contributed by atoms with Gasteiger partial charge < -0.3 is 14.4 Å². The van der Waals surface area contributed by atoms with Gasteiger partial charge in [-0.3, -0.25) is 9.59 Å². The number of rotatable bonds is 10. The quantitative estimate of drug-likeness (QED) is 0.193. The predicted molar refractivity (Wildman–Crippen MR) is 150 cm³/mol. The molecular formula is C28H26BrN3O4S. The third-order valence-electron chi connectivity index (χ3n) is 5.60. The lowest BCUT2D eigenvalue weighted by atomic mass is 10.1. The molecule has 37 heavy (non-hydrogen) atoms. The van der Waals surface area contributed by atoms with Crippen LogP contribution in [-0.2, 0) is 11.3 Å². The van der Waals surface area contributed by atoms with Crippen molar-refractivity contribution in [3.63, 3.8) is 0 Å². The normalized spacial score (nSPS) is 15.1. The number of benzene rings is 3. The molecule has 7 nitrogen and oxygen atoms in total. The van der Waals surface area contributed by atoms with Gasteiger partial charge in [-0.1, -0.05) is 55.1 Å². The summed E-state index contributed by atoms with van der Waals surface area (Å²) in [5.74, 6) is 1.31. The number of methoxy groups -OCH3 is 1. The Balaban J connectivity index is 1.40. The lowest BCUT2D eigenvalue weighted by molar-refractivity contribution is -0.128. The topological polar surface area (TPSA) is 80.2 Å². The molecule has 0 unspecified atom stereocenters. The molecule has 0 bridgehead atoms. The Morgan fingerprint density at radius 3 is 2.68 bits per heavy atom. The number of hydrogen-bond donors (Lipinski definition) is 1. The zero-order valence-electron chi connectivity index (χ0n) is 20.2. The fourth-order valence-electron chi connectivity index (χ4n) is 3.81. The fraction of sp³-hybridized carbons (Fsp3) is 0.179. The van der Waals surface area contributed by atoms with Gasteiger partial charge in [-0.25, -0.2) is 5.43 Å². The predicted octanol–water partition coefficient (Wildman–Crippen LogP) is 5.56. The van der Waals surface area contributed by atoms with Gasteiger partial charge in [-0.05, 0) is 56.9 Å². The van der Waals surface area contributed by atoms with Crippen LogP contribution in [0.4, 0.5) is 0 Å². The molecule has 0 aliphatic carbocycles. The Morgan fingerprint density at radius 2 is 1.97 bits per heavy atom. The van der Waals surface area contributed by atoms with Crippen molar-refractivity contribution in [2.24, 2.45) is 5.10 Å². The van der Waals surface area contributed by atoms with Crippen LogP contribution in [0.5, 0.6) is 11.5 Å². The second kappa shape index (κ2) is 12.6. The third kappa shape index (κ3) is 6.61. The molecule has 1 aliphatic rings. The highest BCUT2D eigenvalue weighted by molar-refractivity contribution is 9.10. The molecule has 1 aliphatic heterocycles. The average molecular weight is 581 g/mol. The number of carbonyl (C=O) groups is 2. The van der Waals surface area contributed by atoms with Crippen molar-refractivity contribution in [1.29, 1.82) is 0 Å². The summed E-state index contributed by atoms with van der Waals surface area (Å²) in [5.41, 5.74) is 5.79. The van der Waals surface area contributed by atoms with Crippen LogP contribution < -0.4 is 14.9 Å². The first-order valence-corrected chi connectivity index (χ1v) is 13.3. The Hall–Kier alpha value is -3.56. The van der Waals surface area contributed by atoms with Crippen molar-refractivity contribution in [2.75, 3.05) is 19.5 Å². The molecule has 190 valence electrons. The average Bonchev–Trinajstić information content (AvgIpc) is 3.28. The van der Waals surface area contributed by atoms with Gasteiger partial charge in [0.2, 0.25) is 5.91 Å². The highest BCUT2D eigenvalue weighted by Gasteiger charge is 2.32. The Bertz CT molecular complexity index is 1300. The third-order valence-corrected chi connectivity index (χ3v) is 7.44. The van der Waals surface area contributed by atoms with Gasteiger partial charge in [0, 0.05) is 12.1 Å². The van der Waals surface area contributed by atoms with Crippen molar-refractivity contribution in [1.82, 2.24) is 10.3 Å². The monoisotopic (exact) mass is 579 g/mol. The first kappa shape index (κ1) is 26.5. The maximum atomic E-state index is 12.6. The van der Waals surface area contributed by atoms with Crippen LogP contribution in [0.3, 0.4) is 0 Å². The summed E-state index contributed by atoms with van der Waals surface area (Å²) in [4.78, 5) is 27.0. The molecule has 4 rings (SSSR count). The summed E-state index contributed by atoms with van der Waals surface area (Å²) in [5, 5.41) is 3.99. The lowest BCUT2D eigenvalue weighted by Gasteiger charge is -2.24. The first-order chi connectivity index (χ1) is 18.0. The van der Waals surface area contributed by atoms with Gasteiger partial charge >= 0.3 is 0 Å². The highest BCUT2D eigenvalue weighted by atomic mass is 79.9. The zero-order chi connectivity index (χ0) is 26.2. The van der Waals surface area contributed by atoms with E-state index in [4.69, 9.17) is 9.47 Å². The standard InChI is InChI=1S/C28H26BrN3O4S/c1-3-13-36-26-23(29)14-20(15-24(26)35-2)16-30-31-27(34)21-9-11-22(12-10-21)28-32(25(33)18-37-28)17-19-7-5-4-6-8-19/h3-12,14-16,28H,1,13,17-18H2,2H3,(H,31,34)/b30-16-/t28-/m1/s1. The summed E-state index contributed by atoms with van der Waals surface area (Å²) >= 11 is 5.06. The SMILES string of the molecule is C=CCOc1c(Br)cc(/C=N\NC(=O)c2ccc([C@H]3SCC(=O)N3Cc3ccccc3)cc2)cc1OC. The van der Waals surface area contributed by atoms with E-state index in [0.717, 1.165) is 11.1 Å². The van der Waals surface area contributed by atoms with E-state index in [1.54, 1.807) is 43.1 Å². The number of nitrogens with one attached hydrogen (secondary N) is 1. The van der Waals surface area contributed by atoms with Crippen LogP contribution in [0.25, 0.3) is 0 Å². The van der Waals surface area contributed by atoms with Crippen LogP contribution in [0.2, 0.25) is 0 Å². The number of amides is 2. The summed E-state index contributed by atoms with van der Waals surface area (Å²) in [7, 11) is 1.55. The van der Waals surface area contributed by atoms with Gasteiger partial charge in [0.1, 0.15) is 12.0 Å². The van der Waals surface area contributed by atoms with E-state index in [2.05, 4.69) is 33.0 Å². The van der Waals surface area contributed by atoms with Gasteiger partial charge in [-0.2, -0.15) is 5.10 Å². The highest BCUT2D eigenvalue weighted by Crippen LogP contribution is 2.39. The van der Waals surface area contributed by atoms with Crippen LogP contribution in [-0.4, -0.2) is 42.4 Å². The number of halogens is 1. The summed E-state index contributed by atoms with van der Waals surface area (Å²) in [6.45, 7) is 4.55. The molecule has 3 aromatic carbocycles. The van der Waals surface area contributed by atoms with Crippen molar-refractivity contribution in [3.05, 3.63) is 106 Å². The van der Waals surface area contributed by atoms with Crippen molar-refractivity contribution >= 4 is 45.7 Å². The molecule has 9 heteroatoms. The Labute approximate surface area is 228 Å². The minimum absolute atomic E-state index is 0.0882. The van der Waals surface area contributed by atoms with E-state index >= 15 is 0 Å². The van der Waals surface area contributed by atoms with Crippen LogP contribution in [0.15, 0.2) is 89.0 Å². The first-order valence-electron chi connectivity index (χ1n) is 11.5. The number of hydrazone groups is 1. The second-order valence-corrected chi connectivity index (χ2v) is 10.0. The molecule has 3 aromatic rings. The number of thioether (sulfide) groups is 1. The van der Waals surface area contributed by atoms with E-state index in [1.807, 2.05) is 53.4 Å². The van der Waals surface area contributed by atoms with Gasteiger partial charge in [-0.15, -0.1) is 11.8 Å². The molecule has 0 spiro atoms. The molecular weight excluding hydrogens is 554 g/mol. The minimum atomic E-state index is -0.337. The number of ether oxygens (including phenoxy) is 2. The summed E-state index contributed by atoms with van der Waals surface area (Å²) in [6, 6.07) is 20.8. The summed E-state index contributed by atoms with van der Waals surface area (Å²) < 4.78 is 11.7. The molecule has 1 heterocycles. The van der Waals surface area contributed by atoms with E-state index in [-0.39, 0.29) is 17.2 Å². The van der Waals surface area contributed by atoms with Crippen LogP contribution >= 0.6 is 27.7 Å². The van der Waals surface area contributed by atoms with Gasteiger partial charge in [0.05, 0.1) is 23.5 Å². The largest absolute Gasteiger partial charge is 0.493 e. The van der Waals surface area contributed by atoms with Gasteiger partial charge in [0.25, 0.3) is 5.91 Å². The van der Waals surface area contributed by atoms with E-state index in [9.17, 15) is 9.59 Å². The fourth-order valence-corrected chi connectivity index (χ4v) is 5.57. The van der Waals surface area contributed by atoms with Gasteiger partial charge in [0.15, 0.2) is 11.5 Å². The summed E-state index contributed by atoms with van der Waals surface area (Å²) in [6.07, 6.45) is 3.18. The molecule has 1 fully saturated rings. The lowest BCUT2D eigenvalue weighted by Crippen LogP contribution is -2.27. The number of carbonyl (C=O) groups excluding carboxylic acids is 2. The Kier molecular flexibility index (Phi) is 9.03. The maximum absolute atomic E-state index is 12.6. The van der Waals surface area contributed by atoms with Crippen molar-refractivity contribution in [2.45, 2.75) is 11.9 Å². The van der Waals surface area contributed by atoms with E-state index < -0.39 is 0 Å². The van der Waals surface area contributed by atoms with Crippen molar-refractivity contribution < 1.29 is 19.1 Å². The van der Waals surface area contributed by atoms with E-state index in [0.29, 0.717) is 46.0 Å². The molecule has 1 N–H and O–H groups in total. The van der Waals surface area contributed by atoms with Crippen LogP contribution in [0, 0.1) is 0 Å². The molecule has 0 aromatic heterocycles. The Morgan fingerprint density at radius 1 is 1.22 bits per heavy atom. The van der Waals surface area contributed by atoms with Crippen LogP contribution in [0.1, 0.15) is 32.4 Å². The second-order valence-electron chi connectivity index (χ2n) is 8.13. The molecule has 0 saturated carbocycles. The molecule has 2 amide bonds. The smallest absolute Gasteiger partial charge is 0.271 e. The molecule has 1 atom stereocenters. The molecule has 1 saturated heterocycles. The maximum Gasteiger partial charge on any atom is 0.271 e. The zero-order valence-corrected chi connectivity index (χ0v) is 22.6. The van der Waals surface area contributed by atoms with Crippen molar-refractivity contribution in [3.8, 4) is 11.5 Å². The van der Waals surface area contributed by atoms with E-state index in [1.165, 1.54) is 6.21 Å². The molecule has 0 radical (unpaired) electrons.